The van der Waals surface area contributed by atoms with E-state index >= 15 is 0 Å². The van der Waals surface area contributed by atoms with Gasteiger partial charge in [0.05, 0.1) is 0 Å². The van der Waals surface area contributed by atoms with E-state index in [4.69, 9.17) is 17.3 Å². The number of aryl methyl sites for hydroxylation is 1. The van der Waals surface area contributed by atoms with Crippen LogP contribution >= 0.6 is 11.6 Å². The van der Waals surface area contributed by atoms with E-state index in [0.717, 1.165) is 16.3 Å². The average molecular weight is 262 g/mol. The molecule has 1 rings (SSSR count). The van der Waals surface area contributed by atoms with Crippen LogP contribution in [0.25, 0.3) is 0 Å². The molecular formula is C16H20ClN. The molecule has 0 radical (unpaired) electrons. The smallest absolute Gasteiger partial charge is 0.0408 e. The zero-order valence-electron chi connectivity index (χ0n) is 11.2. The van der Waals surface area contributed by atoms with Gasteiger partial charge in [0.1, 0.15) is 0 Å². The van der Waals surface area contributed by atoms with Gasteiger partial charge in [-0.05, 0) is 42.7 Å². The third-order valence-corrected chi connectivity index (χ3v) is 3.34. The summed E-state index contributed by atoms with van der Waals surface area (Å²) < 4.78 is 0. The number of nitrogens with two attached hydrogens (primary N) is 1. The van der Waals surface area contributed by atoms with Crippen LogP contribution in [0.3, 0.4) is 0 Å². The zero-order valence-corrected chi connectivity index (χ0v) is 12.0. The van der Waals surface area contributed by atoms with Crippen molar-refractivity contribution in [1.82, 2.24) is 0 Å². The van der Waals surface area contributed by atoms with Crippen molar-refractivity contribution >= 4 is 11.6 Å². The van der Waals surface area contributed by atoms with Crippen molar-refractivity contribution in [2.75, 3.05) is 0 Å². The van der Waals surface area contributed by atoms with Crippen molar-refractivity contribution in [3.8, 4) is 0 Å². The Labute approximate surface area is 115 Å². The lowest BCUT2D eigenvalue weighted by atomic mass is 9.92. The molecule has 2 heteroatoms. The van der Waals surface area contributed by atoms with Crippen LogP contribution in [-0.4, -0.2) is 0 Å². The lowest BCUT2D eigenvalue weighted by Crippen LogP contribution is -2.10. The summed E-state index contributed by atoms with van der Waals surface area (Å²) in [7, 11) is 0. The largest absolute Gasteiger partial charge is 0.401 e. The maximum Gasteiger partial charge on any atom is 0.0408 e. The van der Waals surface area contributed by atoms with Crippen LogP contribution in [0.15, 0.2) is 54.3 Å². The second-order valence-corrected chi connectivity index (χ2v) is 4.89. The van der Waals surface area contributed by atoms with Crippen molar-refractivity contribution in [3.05, 3.63) is 70.4 Å². The predicted octanol–water partition coefficient (Wildman–Crippen LogP) is 4.73. The molecule has 2 N–H and O–H groups in total. The Morgan fingerprint density at radius 1 is 1.44 bits per heavy atom. The first kappa shape index (κ1) is 14.6. The Kier molecular flexibility index (Phi) is 5.24. The lowest BCUT2D eigenvalue weighted by Gasteiger charge is -2.17. The molecule has 0 heterocycles. The molecule has 96 valence electrons. The van der Waals surface area contributed by atoms with Crippen molar-refractivity contribution in [2.24, 2.45) is 5.73 Å². The number of halogens is 1. The van der Waals surface area contributed by atoms with Gasteiger partial charge in [0.2, 0.25) is 0 Å². The van der Waals surface area contributed by atoms with Crippen molar-refractivity contribution < 1.29 is 0 Å². The number of allylic oxidation sites excluding steroid dienone is 5. The summed E-state index contributed by atoms with van der Waals surface area (Å²) in [5.74, 6) is 0.178. The summed E-state index contributed by atoms with van der Waals surface area (Å²) in [6.07, 6.45) is 5.61. The second-order valence-electron chi connectivity index (χ2n) is 4.46. The van der Waals surface area contributed by atoms with E-state index in [1.807, 2.05) is 37.3 Å². The van der Waals surface area contributed by atoms with E-state index < -0.39 is 0 Å². The van der Waals surface area contributed by atoms with Gasteiger partial charge in [-0.25, -0.2) is 0 Å². The molecule has 0 saturated carbocycles. The molecule has 0 aliphatic heterocycles. The van der Waals surface area contributed by atoms with Crippen LogP contribution in [0, 0.1) is 6.92 Å². The average Bonchev–Trinajstić information content (AvgIpc) is 2.34. The molecule has 0 spiro atoms. The molecule has 1 aromatic carbocycles. The minimum absolute atomic E-state index is 0.178. The molecule has 0 aliphatic rings. The Morgan fingerprint density at radius 3 is 2.67 bits per heavy atom. The minimum Gasteiger partial charge on any atom is -0.401 e. The molecule has 0 amide bonds. The summed E-state index contributed by atoms with van der Waals surface area (Å²) in [6.45, 7) is 9.83. The third kappa shape index (κ3) is 3.51. The number of benzene rings is 1. The highest BCUT2D eigenvalue weighted by Gasteiger charge is 2.12. The van der Waals surface area contributed by atoms with Crippen molar-refractivity contribution in [2.45, 2.75) is 26.7 Å². The van der Waals surface area contributed by atoms with Gasteiger partial charge >= 0.3 is 0 Å². The van der Waals surface area contributed by atoms with Crippen LogP contribution < -0.4 is 5.73 Å². The summed E-state index contributed by atoms with van der Waals surface area (Å²) >= 11 is 5.97. The quantitative estimate of drug-likeness (QED) is 0.780. The first-order valence-corrected chi connectivity index (χ1v) is 6.36. The van der Waals surface area contributed by atoms with E-state index in [9.17, 15) is 0 Å². The number of hydrogen-bond acceptors (Lipinski definition) is 1. The van der Waals surface area contributed by atoms with E-state index in [-0.39, 0.29) is 5.92 Å². The maximum absolute atomic E-state index is 6.20. The summed E-state index contributed by atoms with van der Waals surface area (Å²) in [4.78, 5) is 0. The van der Waals surface area contributed by atoms with Gasteiger partial charge in [-0.1, -0.05) is 49.4 Å². The molecule has 0 saturated heterocycles. The fourth-order valence-corrected chi connectivity index (χ4v) is 2.17. The monoisotopic (exact) mass is 261 g/mol. The molecule has 0 aromatic heterocycles. The Hall–Kier alpha value is -1.47. The number of rotatable bonds is 4. The van der Waals surface area contributed by atoms with Crippen LogP contribution in [0.1, 0.15) is 30.9 Å². The highest BCUT2D eigenvalue weighted by molar-refractivity contribution is 6.30. The van der Waals surface area contributed by atoms with Crippen molar-refractivity contribution in [1.29, 1.82) is 0 Å². The minimum atomic E-state index is 0.178. The summed E-state index contributed by atoms with van der Waals surface area (Å²) in [5.41, 5.74) is 10.5. The molecule has 1 atom stereocenters. The topological polar surface area (TPSA) is 26.0 Å². The zero-order chi connectivity index (χ0) is 13.7. The molecule has 1 aromatic rings. The Bertz CT molecular complexity index is 498. The van der Waals surface area contributed by atoms with Crippen LogP contribution in [0.5, 0.6) is 0 Å². The SMILES string of the molecule is C=C/C=C\C(C)=C(/N)C(C)c1ccc(Cl)cc1C. The van der Waals surface area contributed by atoms with Gasteiger partial charge in [0, 0.05) is 16.6 Å². The standard InChI is InChI=1S/C16H20ClN/c1-5-6-7-11(2)16(18)13(4)15-9-8-14(17)10-12(15)3/h5-10,13H,1,18H2,2-4H3/b7-6-,16-11-. The highest BCUT2D eigenvalue weighted by atomic mass is 35.5. The highest BCUT2D eigenvalue weighted by Crippen LogP contribution is 2.27. The second kappa shape index (κ2) is 6.46. The molecule has 0 bridgehead atoms. The van der Waals surface area contributed by atoms with Gasteiger partial charge in [-0.15, -0.1) is 0 Å². The first-order valence-electron chi connectivity index (χ1n) is 5.98. The van der Waals surface area contributed by atoms with Gasteiger partial charge in [0.15, 0.2) is 0 Å². The molecular weight excluding hydrogens is 242 g/mol. The normalized spacial score (nSPS) is 14.4. The molecule has 0 fully saturated rings. The maximum atomic E-state index is 6.20. The molecule has 18 heavy (non-hydrogen) atoms. The third-order valence-electron chi connectivity index (χ3n) is 3.10. The van der Waals surface area contributed by atoms with Gasteiger partial charge in [0.25, 0.3) is 0 Å². The molecule has 1 unspecified atom stereocenters. The molecule has 1 nitrogen and oxygen atoms in total. The van der Waals surface area contributed by atoms with E-state index in [1.165, 1.54) is 11.1 Å². The lowest BCUT2D eigenvalue weighted by molar-refractivity contribution is 0.856. The number of hydrogen-bond donors (Lipinski definition) is 1. The fraction of sp³-hybridized carbons (Fsp3) is 0.250. The molecule has 0 aliphatic carbocycles. The summed E-state index contributed by atoms with van der Waals surface area (Å²) in [6, 6.07) is 5.91. The predicted molar refractivity (Wildman–Crippen MR) is 80.8 cm³/mol. The van der Waals surface area contributed by atoms with Gasteiger partial charge in [-0.3, -0.25) is 0 Å². The Morgan fingerprint density at radius 2 is 2.11 bits per heavy atom. The fourth-order valence-electron chi connectivity index (χ4n) is 1.94. The van der Waals surface area contributed by atoms with E-state index in [1.54, 1.807) is 6.08 Å². The first-order chi connectivity index (χ1) is 8.47. The van der Waals surface area contributed by atoms with Crippen LogP contribution in [0.4, 0.5) is 0 Å². The summed E-state index contributed by atoms with van der Waals surface area (Å²) in [5, 5.41) is 0.759. The van der Waals surface area contributed by atoms with Crippen LogP contribution in [0.2, 0.25) is 5.02 Å². The van der Waals surface area contributed by atoms with E-state index in [2.05, 4.69) is 20.4 Å². The van der Waals surface area contributed by atoms with Gasteiger partial charge in [-0.2, -0.15) is 0 Å². The van der Waals surface area contributed by atoms with Gasteiger partial charge < -0.3 is 5.73 Å². The van der Waals surface area contributed by atoms with E-state index in [0.29, 0.717) is 0 Å². The van der Waals surface area contributed by atoms with Crippen molar-refractivity contribution in [3.63, 3.8) is 0 Å². The van der Waals surface area contributed by atoms with Crippen LogP contribution in [-0.2, 0) is 0 Å². The Balaban J connectivity index is 3.09.